The Labute approximate surface area is 213 Å². The molecule has 4 rings (SSSR count). The number of para-hydroxylation sites is 1. The molecule has 0 saturated heterocycles. The van der Waals surface area contributed by atoms with Gasteiger partial charge in [-0.3, -0.25) is 10.4 Å². The Bertz CT molecular complexity index is 1320. The summed E-state index contributed by atoms with van der Waals surface area (Å²) in [6.45, 7) is 13.6. The van der Waals surface area contributed by atoms with Gasteiger partial charge in [-0.1, -0.05) is 93.6 Å². The van der Waals surface area contributed by atoms with E-state index in [4.69, 9.17) is 0 Å². The van der Waals surface area contributed by atoms with Gasteiger partial charge < -0.3 is 0 Å². The summed E-state index contributed by atoms with van der Waals surface area (Å²) in [5, 5.41) is 2.23. The van der Waals surface area contributed by atoms with Crippen molar-refractivity contribution >= 4 is 27.5 Å². The van der Waals surface area contributed by atoms with E-state index < -0.39 is 16.1 Å². The van der Waals surface area contributed by atoms with Gasteiger partial charge in [-0.05, 0) is 53.6 Å². The molecular formula is C31H34N2Si2. The summed E-state index contributed by atoms with van der Waals surface area (Å²) >= 11 is 0. The fourth-order valence-corrected chi connectivity index (χ4v) is 4.74. The molecule has 0 saturated carbocycles. The zero-order valence-corrected chi connectivity index (χ0v) is 23.6. The van der Waals surface area contributed by atoms with E-state index in [2.05, 4.69) is 158 Å². The van der Waals surface area contributed by atoms with Crippen molar-refractivity contribution in [3.05, 3.63) is 107 Å². The molecule has 0 aliphatic carbocycles. The third kappa shape index (κ3) is 6.79. The average molecular weight is 491 g/mol. The molecule has 1 unspecified atom stereocenters. The van der Waals surface area contributed by atoms with Crippen LogP contribution in [0, 0.1) is 22.9 Å². The summed E-state index contributed by atoms with van der Waals surface area (Å²) in [5.74, 6) is 6.71. The van der Waals surface area contributed by atoms with Crippen molar-refractivity contribution in [2.75, 3.05) is 5.01 Å². The quantitative estimate of drug-likeness (QED) is 0.307. The summed E-state index contributed by atoms with van der Waals surface area (Å²) in [5.41, 5.74) is 17.3. The molecule has 4 heteroatoms. The Balaban J connectivity index is 1.64. The molecule has 0 radical (unpaired) electrons. The molecule has 1 heterocycles. The number of hydrogen-bond donors (Lipinski definition) is 1. The van der Waals surface area contributed by atoms with E-state index in [0.29, 0.717) is 0 Å². The summed E-state index contributed by atoms with van der Waals surface area (Å²) in [6.07, 6.45) is 2.30. The second-order valence-electron chi connectivity index (χ2n) is 11.0. The van der Waals surface area contributed by atoms with E-state index in [1.807, 2.05) is 0 Å². The molecule has 176 valence electrons. The van der Waals surface area contributed by atoms with Gasteiger partial charge in [0.15, 0.2) is 0 Å². The van der Waals surface area contributed by atoms with Gasteiger partial charge in [-0.25, -0.2) is 0 Å². The minimum absolute atomic E-state index is 0.0813. The van der Waals surface area contributed by atoms with Crippen LogP contribution in [0.25, 0.3) is 5.70 Å². The third-order valence-corrected chi connectivity index (χ3v) is 7.24. The van der Waals surface area contributed by atoms with Gasteiger partial charge in [0.2, 0.25) is 0 Å². The van der Waals surface area contributed by atoms with E-state index in [1.165, 1.54) is 5.56 Å². The van der Waals surface area contributed by atoms with E-state index in [0.717, 1.165) is 28.1 Å². The summed E-state index contributed by atoms with van der Waals surface area (Å²) in [7, 11) is -2.78. The van der Waals surface area contributed by atoms with Crippen molar-refractivity contribution in [3.8, 4) is 22.9 Å². The van der Waals surface area contributed by atoms with Crippen LogP contribution in [-0.4, -0.2) is 16.1 Å². The van der Waals surface area contributed by atoms with Crippen LogP contribution in [0.15, 0.2) is 84.9 Å². The number of nitrogens with zero attached hydrogens (tertiary/aromatic N) is 1. The molecule has 0 amide bonds. The SMILES string of the molecule is C[Si](C)(C)C#Cc1ccc(C2=CC(c3ccc(C#C[Si](C)(C)C)cc3)N(c3ccccc3)N2)cc1. The van der Waals surface area contributed by atoms with Crippen LogP contribution in [0.3, 0.4) is 0 Å². The lowest BCUT2D eigenvalue weighted by molar-refractivity contribution is 0.724. The van der Waals surface area contributed by atoms with Crippen LogP contribution < -0.4 is 10.4 Å². The molecule has 2 nitrogen and oxygen atoms in total. The van der Waals surface area contributed by atoms with Gasteiger partial charge in [0.05, 0.1) is 17.4 Å². The zero-order chi connectivity index (χ0) is 25.1. The Hall–Kier alpha value is -3.45. The largest absolute Gasteiger partial charge is 0.297 e. The summed E-state index contributed by atoms with van der Waals surface area (Å²) < 4.78 is 0. The normalized spacial score (nSPS) is 15.3. The minimum Gasteiger partial charge on any atom is -0.297 e. The number of hydrazine groups is 1. The fraction of sp³-hybridized carbons (Fsp3) is 0.226. The minimum atomic E-state index is -1.40. The standard InChI is InChI=1S/C31H34N2Si2/c1-34(2,3)22-20-25-12-16-27(17-13-25)30-24-31(33(32-30)29-10-8-7-9-11-29)28-18-14-26(15-19-28)21-23-35(4,5)6/h7-19,24,31-32H,1-6H3. The third-order valence-electron chi connectivity index (χ3n) is 5.49. The highest BCUT2D eigenvalue weighted by molar-refractivity contribution is 6.84. The highest BCUT2D eigenvalue weighted by atomic mass is 28.3. The van der Waals surface area contributed by atoms with Crippen LogP contribution in [0.4, 0.5) is 5.69 Å². The Morgan fingerprint density at radius 1 is 0.657 bits per heavy atom. The van der Waals surface area contributed by atoms with Gasteiger partial charge in [0, 0.05) is 11.1 Å². The molecule has 1 aliphatic heterocycles. The molecule has 0 bridgehead atoms. The van der Waals surface area contributed by atoms with Gasteiger partial charge in [-0.2, -0.15) is 0 Å². The van der Waals surface area contributed by atoms with Crippen molar-refractivity contribution in [2.45, 2.75) is 45.3 Å². The van der Waals surface area contributed by atoms with Gasteiger partial charge in [0.1, 0.15) is 16.1 Å². The number of benzene rings is 3. The van der Waals surface area contributed by atoms with E-state index >= 15 is 0 Å². The number of hydrogen-bond acceptors (Lipinski definition) is 2. The number of anilines is 1. The van der Waals surface area contributed by atoms with E-state index in [-0.39, 0.29) is 6.04 Å². The van der Waals surface area contributed by atoms with E-state index in [1.54, 1.807) is 0 Å². The number of rotatable bonds is 3. The molecule has 0 aromatic heterocycles. The maximum atomic E-state index is 3.65. The molecule has 3 aromatic carbocycles. The molecule has 35 heavy (non-hydrogen) atoms. The molecule has 3 aromatic rings. The summed E-state index contributed by atoms with van der Waals surface area (Å²) in [6, 6.07) is 27.8. The topological polar surface area (TPSA) is 15.3 Å². The predicted octanol–water partition coefficient (Wildman–Crippen LogP) is 7.25. The van der Waals surface area contributed by atoms with Crippen molar-refractivity contribution in [3.63, 3.8) is 0 Å². The Morgan fingerprint density at radius 3 is 1.69 bits per heavy atom. The first-order valence-corrected chi connectivity index (χ1v) is 19.2. The van der Waals surface area contributed by atoms with Gasteiger partial charge in [-0.15, -0.1) is 11.1 Å². The van der Waals surface area contributed by atoms with Crippen LogP contribution in [0.2, 0.25) is 39.3 Å². The highest BCUT2D eigenvalue weighted by Crippen LogP contribution is 2.35. The maximum absolute atomic E-state index is 3.65. The smallest absolute Gasteiger partial charge is 0.129 e. The van der Waals surface area contributed by atoms with Crippen molar-refractivity contribution < 1.29 is 0 Å². The Kier molecular flexibility index (Phi) is 7.08. The summed E-state index contributed by atoms with van der Waals surface area (Å²) in [4.78, 5) is 0. The van der Waals surface area contributed by atoms with Crippen LogP contribution >= 0.6 is 0 Å². The predicted molar refractivity (Wildman–Crippen MR) is 156 cm³/mol. The fourth-order valence-electron chi connectivity index (χ4n) is 3.70. The number of nitrogens with one attached hydrogen (secondary N) is 1. The Morgan fingerprint density at radius 2 is 1.17 bits per heavy atom. The highest BCUT2D eigenvalue weighted by Gasteiger charge is 2.27. The van der Waals surface area contributed by atoms with Crippen LogP contribution in [0.1, 0.15) is 28.3 Å². The van der Waals surface area contributed by atoms with Crippen molar-refractivity contribution in [1.82, 2.24) is 5.43 Å². The monoisotopic (exact) mass is 490 g/mol. The van der Waals surface area contributed by atoms with Crippen LogP contribution in [-0.2, 0) is 0 Å². The molecule has 1 atom stereocenters. The first-order valence-electron chi connectivity index (χ1n) is 12.2. The lowest BCUT2D eigenvalue weighted by Crippen LogP contribution is -2.33. The zero-order valence-electron chi connectivity index (χ0n) is 21.6. The lowest BCUT2D eigenvalue weighted by atomic mass is 10.0. The molecule has 1 aliphatic rings. The van der Waals surface area contributed by atoms with Gasteiger partial charge in [0.25, 0.3) is 0 Å². The maximum Gasteiger partial charge on any atom is 0.129 e. The first kappa shape index (κ1) is 24.7. The second kappa shape index (κ2) is 10.0. The molecule has 0 spiro atoms. The van der Waals surface area contributed by atoms with Crippen LogP contribution in [0.5, 0.6) is 0 Å². The first-order chi connectivity index (χ1) is 16.6. The molecular weight excluding hydrogens is 457 g/mol. The van der Waals surface area contributed by atoms with Crippen molar-refractivity contribution in [2.24, 2.45) is 0 Å². The van der Waals surface area contributed by atoms with E-state index in [9.17, 15) is 0 Å². The molecule has 1 N–H and O–H groups in total. The lowest BCUT2D eigenvalue weighted by Gasteiger charge is -2.27. The van der Waals surface area contributed by atoms with Crippen molar-refractivity contribution in [1.29, 1.82) is 0 Å². The average Bonchev–Trinajstić information content (AvgIpc) is 3.27. The second-order valence-corrected chi connectivity index (χ2v) is 20.5. The molecule has 0 fully saturated rings. The van der Waals surface area contributed by atoms with Gasteiger partial charge >= 0.3 is 0 Å².